The number of benzene rings is 2. The molecule has 0 radical (unpaired) electrons. The summed E-state index contributed by atoms with van der Waals surface area (Å²) in [5, 5.41) is 8.65. The maximum Gasteiger partial charge on any atom is 0.157 e. The van der Waals surface area contributed by atoms with Crippen LogP contribution in [0.1, 0.15) is 28.6 Å². The van der Waals surface area contributed by atoms with Crippen molar-refractivity contribution in [3.63, 3.8) is 0 Å². The summed E-state index contributed by atoms with van der Waals surface area (Å²) in [5.74, 6) is 0.844. The highest BCUT2D eigenvalue weighted by Gasteiger charge is 2.29. The molecule has 4 rings (SSSR count). The van der Waals surface area contributed by atoms with Gasteiger partial charge in [-0.05, 0) is 30.2 Å². The second-order valence-corrected chi connectivity index (χ2v) is 6.88. The topological polar surface area (TPSA) is 52.4 Å². The second-order valence-electron chi connectivity index (χ2n) is 6.88. The van der Waals surface area contributed by atoms with Gasteiger partial charge in [0, 0.05) is 13.1 Å². The van der Waals surface area contributed by atoms with Crippen molar-refractivity contribution in [2.45, 2.75) is 26.2 Å². The minimum atomic E-state index is -0.149. The van der Waals surface area contributed by atoms with E-state index in [-0.39, 0.29) is 6.23 Å². The van der Waals surface area contributed by atoms with E-state index in [1.165, 1.54) is 11.1 Å². The Labute approximate surface area is 159 Å². The van der Waals surface area contributed by atoms with E-state index >= 15 is 0 Å². The van der Waals surface area contributed by atoms with Crippen molar-refractivity contribution in [1.29, 1.82) is 0 Å². The van der Waals surface area contributed by atoms with E-state index in [1.54, 1.807) is 7.11 Å². The van der Waals surface area contributed by atoms with Gasteiger partial charge in [0.25, 0.3) is 0 Å². The van der Waals surface area contributed by atoms with Crippen molar-refractivity contribution in [2.24, 2.45) is 0 Å². The van der Waals surface area contributed by atoms with E-state index in [2.05, 4.69) is 52.5 Å². The summed E-state index contributed by atoms with van der Waals surface area (Å²) < 4.78 is 13.1. The maximum atomic E-state index is 5.94. The summed E-state index contributed by atoms with van der Waals surface area (Å²) in [6, 6.07) is 16.6. The molecule has 1 atom stereocenters. The molecule has 1 aromatic heterocycles. The molecule has 2 heterocycles. The van der Waals surface area contributed by atoms with Crippen LogP contribution in [0.4, 0.5) is 0 Å². The number of hydrogen-bond acceptors (Lipinski definition) is 5. The lowest BCUT2D eigenvalue weighted by Crippen LogP contribution is -2.23. The first-order valence-corrected chi connectivity index (χ1v) is 9.15. The van der Waals surface area contributed by atoms with Crippen molar-refractivity contribution in [2.75, 3.05) is 20.3 Å². The molecule has 27 heavy (non-hydrogen) atoms. The first kappa shape index (κ1) is 17.7. The third-order valence-electron chi connectivity index (χ3n) is 4.74. The summed E-state index contributed by atoms with van der Waals surface area (Å²) in [4.78, 5) is 2.30. The predicted octanol–water partition coefficient (Wildman–Crippen LogP) is 3.17. The van der Waals surface area contributed by atoms with Crippen LogP contribution in [-0.2, 0) is 17.8 Å². The molecule has 6 heteroatoms. The molecule has 0 N–H and O–H groups in total. The van der Waals surface area contributed by atoms with Crippen molar-refractivity contribution in [3.05, 3.63) is 77.1 Å². The lowest BCUT2D eigenvalue weighted by atomic mass is 10.1. The Morgan fingerprint density at radius 2 is 1.93 bits per heavy atom. The Balaban J connectivity index is 1.46. The summed E-state index contributed by atoms with van der Waals surface area (Å²) in [7, 11) is 1.67. The molecule has 0 aliphatic carbocycles. The molecule has 1 aliphatic heterocycles. The summed E-state index contributed by atoms with van der Waals surface area (Å²) in [6.07, 6.45) is 1.82. The maximum absolute atomic E-state index is 5.94. The third-order valence-corrected chi connectivity index (χ3v) is 4.74. The molecule has 1 saturated heterocycles. The van der Waals surface area contributed by atoms with Gasteiger partial charge in [0.2, 0.25) is 0 Å². The van der Waals surface area contributed by atoms with E-state index in [9.17, 15) is 0 Å². The number of nitrogens with zero attached hydrogens (tertiary/aromatic N) is 4. The smallest absolute Gasteiger partial charge is 0.157 e. The monoisotopic (exact) mass is 364 g/mol. The highest BCUT2D eigenvalue weighted by atomic mass is 16.5. The highest BCUT2D eigenvalue weighted by Crippen LogP contribution is 2.27. The van der Waals surface area contributed by atoms with Crippen LogP contribution >= 0.6 is 0 Å². The van der Waals surface area contributed by atoms with Gasteiger partial charge >= 0.3 is 0 Å². The van der Waals surface area contributed by atoms with Gasteiger partial charge in [0.05, 0.1) is 26.5 Å². The van der Waals surface area contributed by atoms with Gasteiger partial charge in [-0.15, -0.1) is 5.10 Å². The van der Waals surface area contributed by atoms with Crippen LogP contribution in [0.3, 0.4) is 0 Å². The predicted molar refractivity (Wildman–Crippen MR) is 102 cm³/mol. The molecule has 0 spiro atoms. The van der Waals surface area contributed by atoms with Crippen LogP contribution in [0.15, 0.2) is 54.7 Å². The van der Waals surface area contributed by atoms with Crippen LogP contribution in [0, 0.1) is 6.92 Å². The van der Waals surface area contributed by atoms with E-state index in [0.717, 1.165) is 30.1 Å². The largest absolute Gasteiger partial charge is 0.497 e. The summed E-state index contributed by atoms with van der Waals surface area (Å²) in [5.41, 5.74) is 4.53. The lowest BCUT2D eigenvalue weighted by molar-refractivity contribution is 0.0252. The number of rotatable bonds is 6. The standard InChI is InChI=1S/C21H24N4O2/c1-16-5-3-6-17(11-16)13-24-9-10-27-21(24)20-15-25(23-22-20)14-18-7-4-8-19(12-18)26-2/h3-8,11-12,15,21H,9-10,13-14H2,1-2H3/t21-/m1/s1. The lowest BCUT2D eigenvalue weighted by Gasteiger charge is -2.21. The second kappa shape index (κ2) is 7.90. The van der Waals surface area contributed by atoms with Gasteiger partial charge in [0.15, 0.2) is 6.23 Å². The van der Waals surface area contributed by atoms with Crippen LogP contribution in [0.5, 0.6) is 5.75 Å². The number of aryl methyl sites for hydroxylation is 1. The van der Waals surface area contributed by atoms with Gasteiger partial charge < -0.3 is 9.47 Å². The number of ether oxygens (including phenoxy) is 2. The normalized spacial score (nSPS) is 17.3. The third kappa shape index (κ3) is 4.18. The van der Waals surface area contributed by atoms with E-state index in [1.807, 2.05) is 29.1 Å². The van der Waals surface area contributed by atoms with Gasteiger partial charge in [0.1, 0.15) is 11.4 Å². The average molecular weight is 364 g/mol. The molecule has 1 aliphatic rings. The number of hydrogen-bond donors (Lipinski definition) is 0. The highest BCUT2D eigenvalue weighted by molar-refractivity contribution is 5.28. The van der Waals surface area contributed by atoms with Gasteiger partial charge in [-0.1, -0.05) is 47.2 Å². The molecule has 140 valence electrons. The quantitative estimate of drug-likeness (QED) is 0.672. The molecule has 0 saturated carbocycles. The van der Waals surface area contributed by atoms with Crippen molar-refractivity contribution >= 4 is 0 Å². The van der Waals surface area contributed by atoms with Crippen LogP contribution in [-0.4, -0.2) is 40.2 Å². The van der Waals surface area contributed by atoms with Gasteiger partial charge in [-0.3, -0.25) is 4.90 Å². The van der Waals surface area contributed by atoms with Crippen LogP contribution in [0.25, 0.3) is 0 Å². The van der Waals surface area contributed by atoms with Crippen LogP contribution < -0.4 is 4.74 Å². The molecule has 6 nitrogen and oxygen atoms in total. The fraction of sp³-hybridized carbons (Fsp3) is 0.333. The van der Waals surface area contributed by atoms with Crippen LogP contribution in [0.2, 0.25) is 0 Å². The average Bonchev–Trinajstić information content (AvgIpc) is 3.31. The molecule has 3 aromatic rings. The zero-order chi connectivity index (χ0) is 18.6. The van der Waals surface area contributed by atoms with E-state index in [4.69, 9.17) is 9.47 Å². The molecular weight excluding hydrogens is 340 g/mol. The molecule has 0 bridgehead atoms. The van der Waals surface area contributed by atoms with Crippen molar-refractivity contribution in [1.82, 2.24) is 19.9 Å². The number of aromatic nitrogens is 3. The summed E-state index contributed by atoms with van der Waals surface area (Å²) >= 11 is 0. The Hall–Kier alpha value is -2.70. The fourth-order valence-electron chi connectivity index (χ4n) is 3.45. The Kier molecular flexibility index (Phi) is 5.18. The molecule has 1 fully saturated rings. The van der Waals surface area contributed by atoms with Gasteiger partial charge in [-0.2, -0.15) is 0 Å². The van der Waals surface area contributed by atoms with Crippen molar-refractivity contribution in [3.8, 4) is 5.75 Å². The Bertz CT molecular complexity index is 908. The van der Waals surface area contributed by atoms with E-state index < -0.39 is 0 Å². The van der Waals surface area contributed by atoms with Crippen molar-refractivity contribution < 1.29 is 9.47 Å². The van der Waals surface area contributed by atoms with E-state index in [0.29, 0.717) is 13.2 Å². The minimum Gasteiger partial charge on any atom is -0.497 e. The molecule has 2 aromatic carbocycles. The molecular formula is C21H24N4O2. The Morgan fingerprint density at radius 3 is 2.74 bits per heavy atom. The first-order valence-electron chi connectivity index (χ1n) is 9.15. The number of methoxy groups -OCH3 is 1. The Morgan fingerprint density at radius 1 is 1.11 bits per heavy atom. The summed E-state index contributed by atoms with van der Waals surface area (Å²) in [6.45, 7) is 5.20. The fourth-order valence-corrected chi connectivity index (χ4v) is 3.45. The first-order chi connectivity index (χ1) is 13.2. The SMILES string of the molecule is COc1cccc(Cn2cc([C@H]3OCCN3Cc3cccc(C)c3)nn2)c1. The van der Waals surface area contributed by atoms with Gasteiger partial charge in [-0.25, -0.2) is 4.68 Å². The zero-order valence-corrected chi connectivity index (χ0v) is 15.7. The molecule has 0 unspecified atom stereocenters. The molecule has 0 amide bonds. The zero-order valence-electron chi connectivity index (χ0n) is 15.7. The minimum absolute atomic E-state index is 0.149.